The molecule has 5 nitrogen and oxygen atoms in total. The average Bonchev–Trinajstić information content (AvgIpc) is 2.11. The highest BCUT2D eigenvalue weighted by atomic mass is 16.6. The van der Waals surface area contributed by atoms with Gasteiger partial charge in [0.25, 0.3) is 0 Å². The molecule has 0 atom stereocenters. The van der Waals surface area contributed by atoms with Gasteiger partial charge < -0.3 is 19.7 Å². The van der Waals surface area contributed by atoms with Crippen LogP contribution in [0.15, 0.2) is 0 Å². The SMILES string of the molecule is COCCCNC1CN(C(=O)OC(C)(C)C)C1. The van der Waals surface area contributed by atoms with Crippen LogP contribution in [0.1, 0.15) is 27.2 Å². The van der Waals surface area contributed by atoms with Gasteiger partial charge in [-0.25, -0.2) is 4.79 Å². The van der Waals surface area contributed by atoms with E-state index in [2.05, 4.69) is 5.32 Å². The van der Waals surface area contributed by atoms with Crippen LogP contribution in [-0.2, 0) is 9.47 Å². The van der Waals surface area contributed by atoms with Crippen molar-refractivity contribution in [1.82, 2.24) is 10.2 Å². The molecule has 1 aliphatic rings. The summed E-state index contributed by atoms with van der Waals surface area (Å²) in [6.07, 6.45) is 0.784. The van der Waals surface area contributed by atoms with Gasteiger partial charge in [0.2, 0.25) is 0 Å². The molecule has 1 aliphatic heterocycles. The van der Waals surface area contributed by atoms with Crippen LogP contribution in [0.5, 0.6) is 0 Å². The van der Waals surface area contributed by atoms with Crippen LogP contribution in [0.25, 0.3) is 0 Å². The van der Waals surface area contributed by atoms with Crippen LogP contribution in [0.2, 0.25) is 0 Å². The van der Waals surface area contributed by atoms with Crippen molar-refractivity contribution in [2.24, 2.45) is 0 Å². The summed E-state index contributed by atoms with van der Waals surface area (Å²) in [6.45, 7) is 8.82. The Labute approximate surface area is 103 Å². The van der Waals surface area contributed by atoms with E-state index in [1.165, 1.54) is 0 Å². The summed E-state index contributed by atoms with van der Waals surface area (Å²) in [7, 11) is 1.70. The van der Waals surface area contributed by atoms with Gasteiger partial charge in [0.05, 0.1) is 0 Å². The summed E-state index contributed by atoms with van der Waals surface area (Å²) in [5.41, 5.74) is -0.409. The molecule has 0 bridgehead atoms. The van der Waals surface area contributed by atoms with Gasteiger partial charge in [0.15, 0.2) is 0 Å². The average molecular weight is 244 g/mol. The minimum Gasteiger partial charge on any atom is -0.444 e. The second-order valence-electron chi connectivity index (χ2n) is 5.38. The zero-order chi connectivity index (χ0) is 12.9. The molecule has 0 radical (unpaired) electrons. The first kappa shape index (κ1) is 14.3. The van der Waals surface area contributed by atoms with Crippen LogP contribution >= 0.6 is 0 Å². The number of hydrogen-bond donors (Lipinski definition) is 1. The molecule has 0 spiro atoms. The molecule has 17 heavy (non-hydrogen) atoms. The Morgan fingerprint density at radius 2 is 2.06 bits per heavy atom. The van der Waals surface area contributed by atoms with Crippen molar-refractivity contribution in [3.63, 3.8) is 0 Å². The number of carbonyl (C=O) groups excluding carboxylic acids is 1. The number of methoxy groups -OCH3 is 1. The van der Waals surface area contributed by atoms with Gasteiger partial charge in [-0.2, -0.15) is 0 Å². The molecule has 100 valence electrons. The smallest absolute Gasteiger partial charge is 0.410 e. The number of amides is 1. The Balaban J connectivity index is 2.08. The molecule has 0 aromatic heterocycles. The zero-order valence-electron chi connectivity index (χ0n) is 11.3. The molecule has 1 saturated heterocycles. The minimum atomic E-state index is -0.409. The van der Waals surface area contributed by atoms with Crippen molar-refractivity contribution in [1.29, 1.82) is 0 Å². The summed E-state index contributed by atoms with van der Waals surface area (Å²) in [5.74, 6) is 0. The quantitative estimate of drug-likeness (QED) is 0.739. The lowest BCUT2D eigenvalue weighted by Crippen LogP contribution is -2.60. The predicted octanol–water partition coefficient (Wildman–Crippen LogP) is 1.23. The van der Waals surface area contributed by atoms with Crippen molar-refractivity contribution in [3.05, 3.63) is 0 Å². The maximum Gasteiger partial charge on any atom is 0.410 e. The van der Waals surface area contributed by atoms with Gasteiger partial charge in [-0.1, -0.05) is 0 Å². The lowest BCUT2D eigenvalue weighted by molar-refractivity contribution is 0.00520. The third kappa shape index (κ3) is 5.37. The Morgan fingerprint density at radius 3 is 2.59 bits per heavy atom. The Bertz CT molecular complexity index is 245. The van der Waals surface area contributed by atoms with E-state index in [1.54, 1.807) is 12.0 Å². The molecule has 1 amide bonds. The highest BCUT2D eigenvalue weighted by molar-refractivity contribution is 5.69. The maximum absolute atomic E-state index is 11.6. The fourth-order valence-electron chi connectivity index (χ4n) is 1.61. The number of nitrogens with one attached hydrogen (secondary N) is 1. The van der Waals surface area contributed by atoms with E-state index < -0.39 is 5.60 Å². The van der Waals surface area contributed by atoms with E-state index in [0.717, 1.165) is 32.7 Å². The van der Waals surface area contributed by atoms with Crippen LogP contribution in [0.4, 0.5) is 4.79 Å². The molecular weight excluding hydrogens is 220 g/mol. The standard InChI is InChI=1S/C12H24N2O3/c1-12(2,3)17-11(15)14-8-10(9-14)13-6-5-7-16-4/h10,13H,5-9H2,1-4H3. The summed E-state index contributed by atoms with van der Waals surface area (Å²) < 4.78 is 10.2. The molecule has 0 saturated carbocycles. The van der Waals surface area contributed by atoms with Crippen LogP contribution < -0.4 is 5.32 Å². The van der Waals surface area contributed by atoms with Gasteiger partial charge in [-0.3, -0.25) is 0 Å². The zero-order valence-corrected chi connectivity index (χ0v) is 11.3. The minimum absolute atomic E-state index is 0.215. The Morgan fingerprint density at radius 1 is 1.41 bits per heavy atom. The normalized spacial score (nSPS) is 16.8. The summed E-state index contributed by atoms with van der Waals surface area (Å²) in [4.78, 5) is 13.3. The molecule has 0 aromatic rings. The first-order valence-corrected chi connectivity index (χ1v) is 6.12. The van der Waals surface area contributed by atoms with Gasteiger partial charge in [-0.05, 0) is 33.7 Å². The van der Waals surface area contributed by atoms with Crippen molar-refractivity contribution in [3.8, 4) is 0 Å². The van der Waals surface area contributed by atoms with Crippen molar-refractivity contribution in [2.45, 2.75) is 38.8 Å². The molecule has 0 aliphatic carbocycles. The second-order valence-corrected chi connectivity index (χ2v) is 5.38. The molecule has 1 rings (SSSR count). The topological polar surface area (TPSA) is 50.8 Å². The fourth-order valence-corrected chi connectivity index (χ4v) is 1.61. The predicted molar refractivity (Wildman–Crippen MR) is 66.1 cm³/mol. The van der Waals surface area contributed by atoms with Crippen molar-refractivity contribution >= 4 is 6.09 Å². The number of hydrogen-bond acceptors (Lipinski definition) is 4. The van der Waals surface area contributed by atoms with E-state index in [1.807, 2.05) is 20.8 Å². The number of likely N-dealkylation sites (tertiary alicyclic amines) is 1. The third-order valence-corrected chi connectivity index (χ3v) is 2.49. The number of carbonyl (C=O) groups is 1. The van der Waals surface area contributed by atoms with E-state index >= 15 is 0 Å². The van der Waals surface area contributed by atoms with Crippen molar-refractivity contribution in [2.75, 3.05) is 33.4 Å². The summed E-state index contributed by atoms with van der Waals surface area (Å²) >= 11 is 0. The molecule has 0 unspecified atom stereocenters. The van der Waals surface area contributed by atoms with Gasteiger partial charge >= 0.3 is 6.09 Å². The van der Waals surface area contributed by atoms with Gasteiger partial charge in [0, 0.05) is 32.8 Å². The van der Waals surface area contributed by atoms with Crippen LogP contribution in [0.3, 0.4) is 0 Å². The molecule has 1 N–H and O–H groups in total. The maximum atomic E-state index is 11.6. The Kier molecular flexibility index (Phi) is 5.21. The highest BCUT2D eigenvalue weighted by Gasteiger charge is 2.32. The first-order chi connectivity index (χ1) is 7.92. The molecule has 1 fully saturated rings. The van der Waals surface area contributed by atoms with Gasteiger partial charge in [0.1, 0.15) is 5.60 Å². The van der Waals surface area contributed by atoms with Crippen LogP contribution in [-0.4, -0.2) is 56.0 Å². The van der Waals surface area contributed by atoms with Crippen molar-refractivity contribution < 1.29 is 14.3 Å². The van der Waals surface area contributed by atoms with E-state index in [0.29, 0.717) is 6.04 Å². The number of nitrogens with zero attached hydrogens (tertiary/aromatic N) is 1. The van der Waals surface area contributed by atoms with E-state index in [9.17, 15) is 4.79 Å². The van der Waals surface area contributed by atoms with Gasteiger partial charge in [-0.15, -0.1) is 0 Å². The third-order valence-electron chi connectivity index (χ3n) is 2.49. The summed E-state index contributed by atoms with van der Waals surface area (Å²) in [6, 6.07) is 0.402. The summed E-state index contributed by atoms with van der Waals surface area (Å²) in [5, 5.41) is 3.37. The highest BCUT2D eigenvalue weighted by Crippen LogP contribution is 2.14. The molecule has 0 aromatic carbocycles. The second kappa shape index (κ2) is 6.21. The lowest BCUT2D eigenvalue weighted by atomic mass is 10.1. The Hall–Kier alpha value is -0.810. The first-order valence-electron chi connectivity index (χ1n) is 6.12. The number of rotatable bonds is 5. The molecule has 5 heteroatoms. The monoisotopic (exact) mass is 244 g/mol. The van der Waals surface area contributed by atoms with E-state index in [-0.39, 0.29) is 6.09 Å². The molecule has 1 heterocycles. The number of ether oxygens (including phenoxy) is 2. The lowest BCUT2D eigenvalue weighted by Gasteiger charge is -2.40. The van der Waals surface area contributed by atoms with E-state index in [4.69, 9.17) is 9.47 Å². The molecular formula is C12H24N2O3. The fraction of sp³-hybridized carbons (Fsp3) is 0.917. The van der Waals surface area contributed by atoms with Crippen LogP contribution in [0, 0.1) is 0 Å². The largest absolute Gasteiger partial charge is 0.444 e.